The maximum absolute atomic E-state index is 13.1. The second-order valence-electron chi connectivity index (χ2n) is 7.19. The molecule has 168 valence electrons. The highest BCUT2D eigenvalue weighted by atomic mass is 32.2. The van der Waals surface area contributed by atoms with Gasteiger partial charge < -0.3 is 19.5 Å². The third kappa shape index (κ3) is 5.89. The highest BCUT2D eigenvalue weighted by molar-refractivity contribution is 7.89. The molecule has 0 spiro atoms. The Morgan fingerprint density at radius 2 is 1.58 bits per heavy atom. The van der Waals surface area contributed by atoms with Crippen LogP contribution in [-0.2, 0) is 14.8 Å². The summed E-state index contributed by atoms with van der Waals surface area (Å²) in [6, 6.07) is 11.3. The summed E-state index contributed by atoms with van der Waals surface area (Å²) in [6.45, 7) is 0.774. The van der Waals surface area contributed by atoms with Gasteiger partial charge in [0, 0.05) is 13.1 Å². The molecule has 3 rings (SSSR count). The highest BCUT2D eigenvalue weighted by Crippen LogP contribution is 2.30. The van der Waals surface area contributed by atoms with Crippen LogP contribution in [0.25, 0.3) is 0 Å². The van der Waals surface area contributed by atoms with Crippen LogP contribution < -0.4 is 19.5 Å². The summed E-state index contributed by atoms with van der Waals surface area (Å²) in [6.07, 6.45) is 3.76. The van der Waals surface area contributed by atoms with Gasteiger partial charge >= 0.3 is 0 Å². The Kier molecular flexibility index (Phi) is 7.75. The van der Waals surface area contributed by atoms with E-state index in [4.69, 9.17) is 14.2 Å². The molecule has 0 atom stereocenters. The van der Waals surface area contributed by atoms with Crippen molar-refractivity contribution in [1.29, 1.82) is 0 Å². The molecule has 0 bridgehead atoms. The van der Waals surface area contributed by atoms with E-state index in [1.165, 1.54) is 23.5 Å². The fraction of sp³-hybridized carbons (Fsp3) is 0.409. The lowest BCUT2D eigenvalue weighted by Crippen LogP contribution is -2.32. The van der Waals surface area contributed by atoms with Crippen LogP contribution in [0.1, 0.15) is 25.7 Å². The molecule has 2 aromatic rings. The van der Waals surface area contributed by atoms with Crippen molar-refractivity contribution in [1.82, 2.24) is 4.31 Å². The zero-order chi connectivity index (χ0) is 22.3. The van der Waals surface area contributed by atoms with Gasteiger partial charge in [0.1, 0.15) is 17.2 Å². The molecule has 0 radical (unpaired) electrons. The Bertz CT molecular complexity index is 984. The summed E-state index contributed by atoms with van der Waals surface area (Å²) < 4.78 is 43.5. The molecular weight excluding hydrogens is 420 g/mol. The second kappa shape index (κ2) is 10.5. The molecule has 1 amide bonds. The molecule has 0 aromatic heterocycles. The lowest BCUT2D eigenvalue weighted by Gasteiger charge is -2.21. The van der Waals surface area contributed by atoms with Crippen molar-refractivity contribution in [2.75, 3.05) is 39.2 Å². The summed E-state index contributed by atoms with van der Waals surface area (Å²) in [5, 5.41) is 2.69. The Morgan fingerprint density at radius 1 is 0.935 bits per heavy atom. The van der Waals surface area contributed by atoms with Crippen LogP contribution in [0.4, 0.5) is 5.69 Å². The van der Waals surface area contributed by atoms with Crippen molar-refractivity contribution >= 4 is 21.6 Å². The van der Waals surface area contributed by atoms with E-state index in [0.717, 1.165) is 25.7 Å². The van der Waals surface area contributed by atoms with E-state index in [9.17, 15) is 13.2 Å². The molecule has 8 nitrogen and oxygen atoms in total. The number of carbonyl (C=O) groups is 1. The normalized spacial score (nSPS) is 15.0. The Labute approximate surface area is 183 Å². The maximum atomic E-state index is 13.1. The molecule has 1 heterocycles. The summed E-state index contributed by atoms with van der Waals surface area (Å²) in [5.74, 6) is 1.13. The van der Waals surface area contributed by atoms with Gasteiger partial charge in [0.15, 0.2) is 6.61 Å². The van der Waals surface area contributed by atoms with Gasteiger partial charge in [-0.3, -0.25) is 4.79 Å². The number of benzene rings is 2. The number of rotatable bonds is 8. The summed E-state index contributed by atoms with van der Waals surface area (Å²) in [7, 11) is -0.620. The number of ether oxygens (including phenoxy) is 3. The van der Waals surface area contributed by atoms with Crippen LogP contribution in [0.15, 0.2) is 47.4 Å². The van der Waals surface area contributed by atoms with Crippen molar-refractivity contribution in [3.63, 3.8) is 0 Å². The molecular formula is C22H28N2O6S. The SMILES string of the molecule is COc1ccc(OCC(=O)Nc2cc(S(=O)(=O)N3CCCCCC3)ccc2OC)cc1. The first-order valence-electron chi connectivity index (χ1n) is 10.2. The zero-order valence-corrected chi connectivity index (χ0v) is 18.6. The maximum Gasteiger partial charge on any atom is 0.262 e. The predicted octanol–water partition coefficient (Wildman–Crippen LogP) is 3.29. The average molecular weight is 449 g/mol. The van der Waals surface area contributed by atoms with Crippen molar-refractivity contribution in [2.24, 2.45) is 0 Å². The summed E-state index contributed by atoms with van der Waals surface area (Å²) in [4.78, 5) is 12.5. The van der Waals surface area contributed by atoms with E-state index in [2.05, 4.69) is 5.32 Å². The molecule has 1 aliphatic heterocycles. The number of hydrogen-bond donors (Lipinski definition) is 1. The lowest BCUT2D eigenvalue weighted by atomic mass is 10.2. The van der Waals surface area contributed by atoms with E-state index in [1.807, 2.05) is 0 Å². The molecule has 9 heteroatoms. The van der Waals surface area contributed by atoms with E-state index in [0.29, 0.717) is 30.3 Å². The van der Waals surface area contributed by atoms with Gasteiger partial charge in [-0.05, 0) is 55.3 Å². The lowest BCUT2D eigenvalue weighted by molar-refractivity contribution is -0.118. The van der Waals surface area contributed by atoms with Crippen LogP contribution in [0.5, 0.6) is 17.2 Å². The number of carbonyl (C=O) groups excluding carboxylic acids is 1. The third-order valence-electron chi connectivity index (χ3n) is 5.08. The molecule has 1 fully saturated rings. The minimum atomic E-state index is -3.65. The highest BCUT2D eigenvalue weighted by Gasteiger charge is 2.26. The molecule has 1 aliphatic rings. The standard InChI is InChI=1S/C22H28N2O6S/c1-28-17-7-9-18(10-8-17)30-16-22(25)23-20-15-19(11-12-21(20)29-2)31(26,27)24-13-5-3-4-6-14-24/h7-12,15H,3-6,13-14,16H2,1-2H3,(H,23,25). The van der Waals surface area contributed by atoms with Crippen LogP contribution >= 0.6 is 0 Å². The number of nitrogens with one attached hydrogen (secondary N) is 1. The number of amides is 1. The quantitative estimate of drug-likeness (QED) is 0.666. The van der Waals surface area contributed by atoms with E-state index >= 15 is 0 Å². The van der Waals surface area contributed by atoms with Gasteiger partial charge in [-0.15, -0.1) is 0 Å². The van der Waals surface area contributed by atoms with Crippen LogP contribution in [0, 0.1) is 0 Å². The number of nitrogens with zero attached hydrogens (tertiary/aromatic N) is 1. The largest absolute Gasteiger partial charge is 0.497 e. The van der Waals surface area contributed by atoms with Gasteiger partial charge in [-0.25, -0.2) is 8.42 Å². The third-order valence-corrected chi connectivity index (χ3v) is 6.97. The predicted molar refractivity (Wildman–Crippen MR) is 117 cm³/mol. The van der Waals surface area contributed by atoms with Crippen molar-refractivity contribution in [2.45, 2.75) is 30.6 Å². The zero-order valence-electron chi connectivity index (χ0n) is 17.8. The number of anilines is 1. The molecule has 31 heavy (non-hydrogen) atoms. The van der Waals surface area contributed by atoms with Gasteiger partial charge in [0.25, 0.3) is 5.91 Å². The number of sulfonamides is 1. The van der Waals surface area contributed by atoms with E-state index < -0.39 is 15.9 Å². The number of hydrogen-bond acceptors (Lipinski definition) is 6. The van der Waals surface area contributed by atoms with Gasteiger partial charge in [-0.1, -0.05) is 12.8 Å². The minimum Gasteiger partial charge on any atom is -0.497 e. The second-order valence-corrected chi connectivity index (χ2v) is 9.13. The van der Waals surface area contributed by atoms with Crippen LogP contribution in [-0.4, -0.2) is 52.5 Å². The Hall–Kier alpha value is -2.78. The Morgan fingerprint density at radius 3 is 2.19 bits per heavy atom. The molecule has 1 saturated heterocycles. The van der Waals surface area contributed by atoms with Crippen LogP contribution in [0.3, 0.4) is 0 Å². The monoisotopic (exact) mass is 448 g/mol. The minimum absolute atomic E-state index is 0.126. The van der Waals surface area contributed by atoms with E-state index in [-0.39, 0.29) is 17.2 Å². The summed E-state index contributed by atoms with van der Waals surface area (Å²) in [5.41, 5.74) is 0.279. The smallest absolute Gasteiger partial charge is 0.262 e. The first-order chi connectivity index (χ1) is 14.9. The molecule has 2 aromatic carbocycles. The van der Waals surface area contributed by atoms with Gasteiger partial charge in [0.2, 0.25) is 10.0 Å². The molecule has 1 N–H and O–H groups in total. The van der Waals surface area contributed by atoms with E-state index in [1.54, 1.807) is 37.4 Å². The Balaban J connectivity index is 1.71. The average Bonchev–Trinajstić information content (AvgIpc) is 3.08. The van der Waals surface area contributed by atoms with Crippen LogP contribution in [0.2, 0.25) is 0 Å². The first kappa shape index (κ1) is 22.9. The van der Waals surface area contributed by atoms with Gasteiger partial charge in [-0.2, -0.15) is 4.31 Å². The fourth-order valence-electron chi connectivity index (χ4n) is 3.38. The van der Waals surface area contributed by atoms with Crippen molar-refractivity contribution < 1.29 is 27.4 Å². The molecule has 0 aliphatic carbocycles. The molecule has 0 unspecified atom stereocenters. The van der Waals surface area contributed by atoms with Crippen molar-refractivity contribution in [3.8, 4) is 17.2 Å². The first-order valence-corrected chi connectivity index (χ1v) is 11.6. The topological polar surface area (TPSA) is 94.2 Å². The molecule has 0 saturated carbocycles. The number of methoxy groups -OCH3 is 2. The fourth-order valence-corrected chi connectivity index (χ4v) is 4.93. The van der Waals surface area contributed by atoms with Gasteiger partial charge in [0.05, 0.1) is 24.8 Å². The van der Waals surface area contributed by atoms with Crippen molar-refractivity contribution in [3.05, 3.63) is 42.5 Å². The summed E-state index contributed by atoms with van der Waals surface area (Å²) >= 11 is 0.